The molecule has 1 aromatic heterocycles. The fraction of sp³-hybridized carbons (Fsp3) is 0.105. The van der Waals surface area contributed by atoms with Crippen molar-refractivity contribution < 1.29 is 4.79 Å². The molecule has 3 nitrogen and oxygen atoms in total. The van der Waals surface area contributed by atoms with Crippen molar-refractivity contribution in [1.82, 2.24) is 9.47 Å². The average Bonchev–Trinajstić information content (AvgIpc) is 2.88. The molecule has 0 saturated heterocycles. The van der Waals surface area contributed by atoms with E-state index in [-0.39, 0.29) is 0 Å². The summed E-state index contributed by atoms with van der Waals surface area (Å²) in [5, 5.41) is 2.36. The van der Waals surface area contributed by atoms with Crippen LogP contribution in [0.25, 0.3) is 27.6 Å². The van der Waals surface area contributed by atoms with Crippen LogP contribution >= 0.6 is 0 Å². The third-order valence-electron chi connectivity index (χ3n) is 3.91. The van der Waals surface area contributed by atoms with E-state index in [9.17, 15) is 4.79 Å². The summed E-state index contributed by atoms with van der Waals surface area (Å²) in [6.45, 7) is 5.86. The molecule has 0 spiro atoms. The first-order chi connectivity index (χ1) is 10.7. The zero-order valence-corrected chi connectivity index (χ0v) is 12.8. The number of carbonyl (C=O) groups is 1. The summed E-state index contributed by atoms with van der Waals surface area (Å²) in [4.78, 5) is 12.9. The molecule has 22 heavy (non-hydrogen) atoms. The number of carbonyl (C=O) groups excluding carboxylic acids is 1. The van der Waals surface area contributed by atoms with Gasteiger partial charge in [0, 0.05) is 17.8 Å². The van der Waals surface area contributed by atoms with Crippen molar-refractivity contribution in [1.29, 1.82) is 0 Å². The molecular weight excluding hydrogens is 272 g/mol. The van der Waals surface area contributed by atoms with E-state index in [4.69, 9.17) is 0 Å². The fourth-order valence-electron chi connectivity index (χ4n) is 2.94. The number of para-hydroxylation sites is 2. The van der Waals surface area contributed by atoms with Gasteiger partial charge in [-0.15, -0.1) is 0 Å². The van der Waals surface area contributed by atoms with Crippen LogP contribution in [0.5, 0.6) is 0 Å². The van der Waals surface area contributed by atoms with Gasteiger partial charge in [-0.2, -0.15) is 0 Å². The van der Waals surface area contributed by atoms with E-state index in [1.807, 2.05) is 18.2 Å². The third kappa shape index (κ3) is 2.02. The van der Waals surface area contributed by atoms with Crippen molar-refractivity contribution in [2.75, 3.05) is 7.05 Å². The number of amides is 1. The van der Waals surface area contributed by atoms with Gasteiger partial charge in [-0.1, -0.05) is 49.1 Å². The van der Waals surface area contributed by atoms with Gasteiger partial charge in [0.2, 0.25) is 6.41 Å². The Hall–Kier alpha value is -2.81. The highest BCUT2D eigenvalue weighted by atomic mass is 16.1. The minimum atomic E-state index is 0.783. The second-order valence-corrected chi connectivity index (χ2v) is 5.30. The van der Waals surface area contributed by atoms with Crippen LogP contribution in [-0.2, 0) is 4.79 Å². The highest BCUT2D eigenvalue weighted by Gasteiger charge is 2.16. The number of hydrogen-bond donors (Lipinski definition) is 0. The van der Waals surface area contributed by atoms with Gasteiger partial charge >= 0.3 is 0 Å². The highest BCUT2D eigenvalue weighted by Crippen LogP contribution is 2.33. The van der Waals surface area contributed by atoms with E-state index >= 15 is 0 Å². The topological polar surface area (TPSA) is 25.2 Å². The minimum Gasteiger partial charge on any atom is -0.304 e. The molecule has 0 aliphatic heterocycles. The van der Waals surface area contributed by atoms with E-state index in [1.54, 1.807) is 18.0 Å². The highest BCUT2D eigenvalue weighted by molar-refractivity contribution is 6.11. The molecule has 0 atom stereocenters. The quantitative estimate of drug-likeness (QED) is 0.523. The van der Waals surface area contributed by atoms with Gasteiger partial charge in [0.15, 0.2) is 0 Å². The first-order valence-electron chi connectivity index (χ1n) is 7.19. The van der Waals surface area contributed by atoms with Gasteiger partial charge in [0.1, 0.15) is 5.82 Å². The Morgan fingerprint density at radius 1 is 1.14 bits per heavy atom. The molecule has 1 amide bonds. The van der Waals surface area contributed by atoms with Crippen molar-refractivity contribution in [3.8, 4) is 0 Å². The Morgan fingerprint density at radius 3 is 2.59 bits per heavy atom. The van der Waals surface area contributed by atoms with Gasteiger partial charge in [0.25, 0.3) is 0 Å². The third-order valence-corrected chi connectivity index (χ3v) is 3.91. The lowest BCUT2D eigenvalue weighted by atomic mass is 10.1. The smallest absolute Gasteiger partial charge is 0.214 e. The zero-order chi connectivity index (χ0) is 15.7. The second-order valence-electron chi connectivity index (χ2n) is 5.30. The zero-order valence-electron chi connectivity index (χ0n) is 12.8. The summed E-state index contributed by atoms with van der Waals surface area (Å²) in [6, 6.07) is 14.5. The van der Waals surface area contributed by atoms with E-state index in [1.165, 1.54) is 16.3 Å². The monoisotopic (exact) mass is 290 g/mol. The molecular formula is C19H18N2O. The summed E-state index contributed by atoms with van der Waals surface area (Å²) in [5.74, 6) is 0.783. The van der Waals surface area contributed by atoms with Crippen LogP contribution in [0.3, 0.4) is 0 Å². The van der Waals surface area contributed by atoms with Gasteiger partial charge < -0.3 is 4.90 Å². The minimum absolute atomic E-state index is 0.783. The lowest BCUT2D eigenvalue weighted by molar-refractivity contribution is -0.114. The van der Waals surface area contributed by atoms with Crippen molar-refractivity contribution in [2.24, 2.45) is 0 Å². The maximum atomic E-state index is 11.3. The lowest BCUT2D eigenvalue weighted by Gasteiger charge is -2.19. The molecule has 2 aromatic carbocycles. The van der Waals surface area contributed by atoms with Crippen LogP contribution in [0.2, 0.25) is 0 Å². The van der Waals surface area contributed by atoms with Crippen LogP contribution in [-0.4, -0.2) is 22.9 Å². The Kier molecular flexibility index (Phi) is 3.55. The molecule has 3 rings (SSSR count). The number of rotatable bonds is 4. The maximum absolute atomic E-state index is 11.3. The number of fused-ring (bicyclic) bond motifs is 3. The van der Waals surface area contributed by atoms with Crippen molar-refractivity contribution in [2.45, 2.75) is 6.92 Å². The second kappa shape index (κ2) is 5.53. The van der Waals surface area contributed by atoms with E-state index in [0.717, 1.165) is 23.3 Å². The Bertz CT molecular complexity index is 902. The average molecular weight is 290 g/mol. The molecule has 0 fully saturated rings. The number of allylic oxidation sites excluding steroid dienone is 2. The Balaban J connectivity index is 2.52. The normalized spacial score (nSPS) is 11.8. The largest absolute Gasteiger partial charge is 0.304 e. The first-order valence-corrected chi connectivity index (χ1v) is 7.19. The van der Waals surface area contributed by atoms with Crippen LogP contribution in [0.1, 0.15) is 5.56 Å². The van der Waals surface area contributed by atoms with E-state index < -0.39 is 0 Å². The molecule has 0 aliphatic carbocycles. The number of hydrogen-bond acceptors (Lipinski definition) is 1. The van der Waals surface area contributed by atoms with Crippen LogP contribution in [0.15, 0.2) is 61.2 Å². The number of aryl methyl sites for hydroxylation is 1. The molecule has 3 aromatic rings. The van der Waals surface area contributed by atoms with E-state index in [2.05, 4.69) is 48.4 Å². The molecule has 0 N–H and O–H groups in total. The Morgan fingerprint density at radius 2 is 1.86 bits per heavy atom. The molecule has 110 valence electrons. The van der Waals surface area contributed by atoms with Crippen molar-refractivity contribution in [3.05, 3.63) is 66.8 Å². The first kappa shape index (κ1) is 14.1. The predicted molar refractivity (Wildman–Crippen MR) is 92.5 cm³/mol. The van der Waals surface area contributed by atoms with Gasteiger partial charge in [0.05, 0.1) is 11.0 Å². The van der Waals surface area contributed by atoms with Crippen LogP contribution in [0.4, 0.5) is 0 Å². The van der Waals surface area contributed by atoms with Crippen molar-refractivity contribution in [3.63, 3.8) is 0 Å². The molecule has 1 heterocycles. The Labute approximate surface area is 129 Å². The molecule has 0 saturated carbocycles. The molecule has 0 aliphatic rings. The van der Waals surface area contributed by atoms with Crippen LogP contribution in [0, 0.1) is 6.92 Å². The van der Waals surface area contributed by atoms with Gasteiger partial charge in [-0.3, -0.25) is 9.36 Å². The van der Waals surface area contributed by atoms with Gasteiger partial charge in [-0.05, 0) is 24.6 Å². The molecule has 0 bridgehead atoms. The summed E-state index contributed by atoms with van der Waals surface area (Å²) < 4.78 is 2.12. The van der Waals surface area contributed by atoms with Gasteiger partial charge in [-0.25, -0.2) is 0 Å². The summed E-state index contributed by atoms with van der Waals surface area (Å²) in [5.41, 5.74) is 3.36. The maximum Gasteiger partial charge on any atom is 0.214 e. The summed E-state index contributed by atoms with van der Waals surface area (Å²) in [6.07, 6.45) is 4.37. The SMILES string of the molecule is C=C/C=C(\N(C)C=O)n1c2ccccc2c2cccc(C)c21. The van der Waals surface area contributed by atoms with E-state index in [0.29, 0.717) is 0 Å². The lowest BCUT2D eigenvalue weighted by Crippen LogP contribution is -2.19. The number of benzene rings is 2. The number of aromatic nitrogens is 1. The van der Waals surface area contributed by atoms with Crippen molar-refractivity contribution >= 4 is 34.0 Å². The van der Waals surface area contributed by atoms with Crippen LogP contribution < -0.4 is 0 Å². The molecule has 3 heteroatoms. The fourth-order valence-corrected chi connectivity index (χ4v) is 2.94. The summed E-state index contributed by atoms with van der Waals surface area (Å²) >= 11 is 0. The number of nitrogens with zero attached hydrogens (tertiary/aromatic N) is 2. The molecule has 0 radical (unpaired) electrons. The summed E-state index contributed by atoms with van der Waals surface area (Å²) in [7, 11) is 1.75. The standard InChI is InChI=1S/C19H18N2O/c1-4-8-18(20(3)13-22)21-17-12-6-5-10-15(17)16-11-7-9-14(2)19(16)21/h4-13H,1H2,2-3H3/b18-8+. The predicted octanol–water partition coefficient (Wildman–Crippen LogP) is 4.18. The molecule has 0 unspecified atom stereocenters.